The molecule has 0 aliphatic heterocycles. The highest BCUT2D eigenvalue weighted by Crippen LogP contribution is 2.37. The van der Waals surface area contributed by atoms with Gasteiger partial charge in [-0.05, 0) is 48.9 Å². The Kier molecular flexibility index (Phi) is 6.16. The lowest BCUT2D eigenvalue weighted by Gasteiger charge is -2.11. The van der Waals surface area contributed by atoms with Crippen LogP contribution >= 0.6 is 27.7 Å². The van der Waals surface area contributed by atoms with Gasteiger partial charge in [-0.15, -0.1) is 0 Å². The van der Waals surface area contributed by atoms with Crippen LogP contribution in [0.25, 0.3) is 10.9 Å². The second-order valence-electron chi connectivity index (χ2n) is 6.93. The number of aromatic amines is 1. The number of carbonyl (C=O) groups is 1. The summed E-state index contributed by atoms with van der Waals surface area (Å²) in [6.07, 6.45) is 0. The molecule has 152 valence electrons. The van der Waals surface area contributed by atoms with E-state index in [4.69, 9.17) is 4.74 Å². The van der Waals surface area contributed by atoms with Gasteiger partial charge in [-0.2, -0.15) is 0 Å². The third-order valence-corrected chi connectivity index (χ3v) is 6.41. The van der Waals surface area contributed by atoms with Crippen molar-refractivity contribution in [2.45, 2.75) is 23.3 Å². The van der Waals surface area contributed by atoms with Gasteiger partial charge < -0.3 is 15.0 Å². The minimum absolute atomic E-state index is 0.149. The summed E-state index contributed by atoms with van der Waals surface area (Å²) in [4.78, 5) is 18.5. The zero-order chi connectivity index (χ0) is 21.1. The van der Waals surface area contributed by atoms with Gasteiger partial charge >= 0.3 is 0 Å². The second-order valence-corrected chi connectivity index (χ2v) is 8.93. The maximum Gasteiger partial charge on any atom is 0.269 e. The fourth-order valence-electron chi connectivity index (χ4n) is 3.31. The van der Waals surface area contributed by atoms with Crippen molar-refractivity contribution in [1.29, 1.82) is 0 Å². The highest BCUT2D eigenvalue weighted by molar-refractivity contribution is 9.10. The number of aryl methyl sites for hydroxylation is 1. The largest absolute Gasteiger partial charge is 0.496 e. The normalized spacial score (nSPS) is 10.9. The van der Waals surface area contributed by atoms with Crippen LogP contribution in [0.15, 0.2) is 81.0 Å². The summed E-state index contributed by atoms with van der Waals surface area (Å²) in [6, 6.07) is 22.0. The summed E-state index contributed by atoms with van der Waals surface area (Å²) < 4.78 is 6.36. The van der Waals surface area contributed by atoms with Crippen LogP contribution < -0.4 is 10.1 Å². The number of carbonyl (C=O) groups excluding carboxylic acids is 1. The third kappa shape index (κ3) is 4.40. The van der Waals surface area contributed by atoms with Crippen molar-refractivity contribution in [2.24, 2.45) is 0 Å². The maximum atomic E-state index is 13.2. The van der Waals surface area contributed by atoms with Crippen molar-refractivity contribution >= 4 is 44.5 Å². The van der Waals surface area contributed by atoms with E-state index in [-0.39, 0.29) is 5.91 Å². The van der Waals surface area contributed by atoms with E-state index in [2.05, 4.69) is 44.4 Å². The molecule has 1 amide bonds. The van der Waals surface area contributed by atoms with Crippen molar-refractivity contribution in [3.05, 3.63) is 88.0 Å². The first-order valence-electron chi connectivity index (χ1n) is 9.51. The molecule has 0 aliphatic rings. The summed E-state index contributed by atoms with van der Waals surface area (Å²) in [6.45, 7) is 2.41. The molecule has 0 saturated carbocycles. The van der Waals surface area contributed by atoms with Crippen LogP contribution in [0.2, 0.25) is 0 Å². The van der Waals surface area contributed by atoms with Crippen molar-refractivity contribution in [2.75, 3.05) is 7.11 Å². The molecule has 6 heteroatoms. The van der Waals surface area contributed by atoms with E-state index in [0.29, 0.717) is 12.2 Å². The zero-order valence-electron chi connectivity index (χ0n) is 16.7. The van der Waals surface area contributed by atoms with Crippen LogP contribution in [0.5, 0.6) is 5.75 Å². The number of amides is 1. The average molecular weight is 481 g/mol. The van der Waals surface area contributed by atoms with E-state index >= 15 is 0 Å². The topological polar surface area (TPSA) is 54.1 Å². The Morgan fingerprint density at radius 1 is 1.10 bits per heavy atom. The number of benzene rings is 3. The third-order valence-electron chi connectivity index (χ3n) is 4.78. The summed E-state index contributed by atoms with van der Waals surface area (Å²) >= 11 is 5.07. The Labute approximate surface area is 188 Å². The van der Waals surface area contributed by atoms with Gasteiger partial charge in [-0.25, -0.2) is 0 Å². The van der Waals surface area contributed by atoms with Gasteiger partial charge in [-0.3, -0.25) is 4.79 Å². The number of halogens is 1. The Hall–Kier alpha value is -2.70. The molecule has 0 atom stereocenters. The standard InChI is InChI=1S/C24H21BrN2O2S/c1-15-8-10-19-20(12-15)27-22(23(19)30-18-6-4-3-5-7-18)24(28)26-14-16-13-17(25)9-11-21(16)29-2/h3-13,27H,14H2,1-2H3,(H,26,28). The lowest BCUT2D eigenvalue weighted by Crippen LogP contribution is -2.24. The molecule has 1 heterocycles. The van der Waals surface area contributed by atoms with Gasteiger partial charge in [0.05, 0.1) is 12.0 Å². The molecular formula is C24H21BrN2O2S. The van der Waals surface area contributed by atoms with Crippen LogP contribution in [0.4, 0.5) is 0 Å². The number of hydrogen-bond acceptors (Lipinski definition) is 3. The number of hydrogen-bond donors (Lipinski definition) is 2. The lowest BCUT2D eigenvalue weighted by molar-refractivity contribution is 0.0943. The van der Waals surface area contributed by atoms with Crippen LogP contribution in [-0.4, -0.2) is 18.0 Å². The predicted molar refractivity (Wildman–Crippen MR) is 125 cm³/mol. The Bertz CT molecular complexity index is 1200. The Morgan fingerprint density at radius 2 is 1.90 bits per heavy atom. The van der Waals surface area contributed by atoms with Crippen LogP contribution in [-0.2, 0) is 6.54 Å². The van der Waals surface area contributed by atoms with Crippen molar-refractivity contribution in [3.8, 4) is 5.75 Å². The van der Waals surface area contributed by atoms with Crippen LogP contribution in [0.3, 0.4) is 0 Å². The molecule has 0 radical (unpaired) electrons. The molecule has 0 spiro atoms. The Balaban J connectivity index is 1.66. The van der Waals surface area contributed by atoms with E-state index in [1.807, 2.05) is 55.5 Å². The molecular weight excluding hydrogens is 460 g/mol. The summed E-state index contributed by atoms with van der Waals surface area (Å²) in [5, 5.41) is 4.08. The summed E-state index contributed by atoms with van der Waals surface area (Å²) in [5.74, 6) is 0.592. The average Bonchev–Trinajstić information content (AvgIpc) is 3.10. The Morgan fingerprint density at radius 3 is 2.67 bits per heavy atom. The number of methoxy groups -OCH3 is 1. The van der Waals surface area contributed by atoms with Gasteiger partial charge in [0.25, 0.3) is 5.91 Å². The highest BCUT2D eigenvalue weighted by Gasteiger charge is 2.19. The number of ether oxygens (including phenoxy) is 1. The molecule has 0 fully saturated rings. The van der Waals surface area contributed by atoms with Crippen LogP contribution in [0, 0.1) is 6.92 Å². The van der Waals surface area contributed by atoms with Crippen molar-refractivity contribution in [1.82, 2.24) is 10.3 Å². The molecule has 0 saturated heterocycles. The highest BCUT2D eigenvalue weighted by atomic mass is 79.9. The molecule has 0 aliphatic carbocycles. The number of aromatic nitrogens is 1. The number of H-pyrrole nitrogens is 1. The molecule has 1 aromatic heterocycles. The fourth-order valence-corrected chi connectivity index (χ4v) is 4.78. The van der Waals surface area contributed by atoms with Crippen LogP contribution in [0.1, 0.15) is 21.6 Å². The minimum Gasteiger partial charge on any atom is -0.496 e. The van der Waals surface area contributed by atoms with Gasteiger partial charge in [0, 0.05) is 32.4 Å². The number of fused-ring (bicyclic) bond motifs is 1. The molecule has 0 unspecified atom stereocenters. The van der Waals surface area contributed by atoms with E-state index in [1.165, 1.54) is 0 Å². The summed E-state index contributed by atoms with van der Waals surface area (Å²) in [7, 11) is 1.63. The minimum atomic E-state index is -0.149. The first-order chi connectivity index (χ1) is 14.5. The lowest BCUT2D eigenvalue weighted by atomic mass is 10.2. The van der Waals surface area contributed by atoms with Gasteiger partial charge in [0.1, 0.15) is 11.4 Å². The molecule has 2 N–H and O–H groups in total. The molecule has 4 aromatic rings. The number of nitrogens with one attached hydrogen (secondary N) is 2. The molecule has 4 nitrogen and oxygen atoms in total. The number of rotatable bonds is 6. The first kappa shape index (κ1) is 20.6. The van der Waals surface area contributed by atoms with E-state index in [9.17, 15) is 4.79 Å². The van der Waals surface area contributed by atoms with Gasteiger partial charge in [-0.1, -0.05) is 58.0 Å². The molecule has 4 rings (SSSR count). The molecule has 3 aromatic carbocycles. The quantitative estimate of drug-likeness (QED) is 0.339. The van der Waals surface area contributed by atoms with E-state index in [1.54, 1.807) is 18.9 Å². The second kappa shape index (κ2) is 8.98. The van der Waals surface area contributed by atoms with Gasteiger partial charge in [0.15, 0.2) is 0 Å². The monoisotopic (exact) mass is 480 g/mol. The maximum absolute atomic E-state index is 13.2. The zero-order valence-corrected chi connectivity index (χ0v) is 19.1. The van der Waals surface area contributed by atoms with Crippen molar-refractivity contribution in [3.63, 3.8) is 0 Å². The van der Waals surface area contributed by atoms with Crippen molar-refractivity contribution < 1.29 is 9.53 Å². The smallest absolute Gasteiger partial charge is 0.269 e. The predicted octanol–water partition coefficient (Wildman–Crippen LogP) is 6.33. The van der Waals surface area contributed by atoms with E-state index < -0.39 is 0 Å². The van der Waals surface area contributed by atoms with E-state index in [0.717, 1.165) is 42.0 Å². The van der Waals surface area contributed by atoms with Gasteiger partial charge in [0.2, 0.25) is 0 Å². The first-order valence-corrected chi connectivity index (χ1v) is 11.1. The molecule has 30 heavy (non-hydrogen) atoms. The SMILES string of the molecule is COc1ccc(Br)cc1CNC(=O)c1[nH]c2cc(C)ccc2c1Sc1ccccc1. The summed E-state index contributed by atoms with van der Waals surface area (Å²) in [5.41, 5.74) is 3.58. The molecule has 0 bridgehead atoms. The fraction of sp³-hybridized carbons (Fsp3) is 0.125.